The summed E-state index contributed by atoms with van der Waals surface area (Å²) in [5.41, 5.74) is 0.969. The number of hydrogen-bond acceptors (Lipinski definition) is 4. The highest BCUT2D eigenvalue weighted by molar-refractivity contribution is 5.89. The van der Waals surface area contributed by atoms with E-state index in [-0.39, 0.29) is 0 Å². The van der Waals surface area contributed by atoms with Crippen LogP contribution in [0.25, 0.3) is 10.9 Å². The molecule has 0 radical (unpaired) electrons. The maximum Gasteiger partial charge on any atom is 0.225 e. The Morgan fingerprint density at radius 2 is 1.88 bits per heavy atom. The largest absolute Gasteiger partial charge is 0.370 e. The Morgan fingerprint density at radius 1 is 1.06 bits per heavy atom. The molecule has 2 rings (SSSR count). The van der Waals surface area contributed by atoms with E-state index in [0.717, 1.165) is 36.2 Å². The quantitative estimate of drug-likeness (QED) is 0.829. The number of hydrogen-bond donors (Lipinski definition) is 2. The molecule has 1 heterocycles. The number of para-hydroxylation sites is 1. The molecular formula is C13H18N4. The molecule has 2 N–H and O–H groups in total. The van der Waals surface area contributed by atoms with Crippen molar-refractivity contribution in [2.75, 3.05) is 23.7 Å². The minimum Gasteiger partial charge on any atom is -0.370 e. The van der Waals surface area contributed by atoms with Crippen LogP contribution in [0, 0.1) is 0 Å². The van der Waals surface area contributed by atoms with Crippen molar-refractivity contribution in [2.24, 2.45) is 0 Å². The van der Waals surface area contributed by atoms with Crippen LogP contribution in [-0.4, -0.2) is 23.1 Å². The molecule has 17 heavy (non-hydrogen) atoms. The zero-order valence-corrected chi connectivity index (χ0v) is 10.3. The third-order valence-electron chi connectivity index (χ3n) is 2.48. The van der Waals surface area contributed by atoms with Crippen LogP contribution < -0.4 is 10.6 Å². The van der Waals surface area contributed by atoms with E-state index in [9.17, 15) is 0 Å². The first-order chi connectivity index (χ1) is 8.35. The summed E-state index contributed by atoms with van der Waals surface area (Å²) in [5.74, 6) is 1.60. The summed E-state index contributed by atoms with van der Waals surface area (Å²) < 4.78 is 0. The lowest BCUT2D eigenvalue weighted by molar-refractivity contribution is 0.956. The van der Waals surface area contributed by atoms with Gasteiger partial charge < -0.3 is 10.6 Å². The Balaban J connectivity index is 2.43. The van der Waals surface area contributed by atoms with Crippen LogP contribution in [0.5, 0.6) is 0 Å². The van der Waals surface area contributed by atoms with Gasteiger partial charge in [0.15, 0.2) is 0 Å². The molecule has 0 aliphatic rings. The Kier molecular flexibility index (Phi) is 3.75. The van der Waals surface area contributed by atoms with Crippen LogP contribution in [0.2, 0.25) is 0 Å². The Labute approximate surface area is 101 Å². The summed E-state index contributed by atoms with van der Waals surface area (Å²) in [6.45, 7) is 5.94. The lowest BCUT2D eigenvalue weighted by Crippen LogP contribution is -2.08. The van der Waals surface area contributed by atoms with Gasteiger partial charge in [-0.1, -0.05) is 19.1 Å². The van der Waals surface area contributed by atoms with E-state index in [2.05, 4.69) is 34.4 Å². The molecule has 0 saturated carbocycles. The number of rotatable bonds is 5. The molecule has 0 aliphatic heterocycles. The molecule has 4 heteroatoms. The van der Waals surface area contributed by atoms with E-state index >= 15 is 0 Å². The first-order valence-corrected chi connectivity index (χ1v) is 6.09. The van der Waals surface area contributed by atoms with E-state index in [1.54, 1.807) is 0 Å². The third kappa shape index (κ3) is 2.64. The van der Waals surface area contributed by atoms with Gasteiger partial charge in [0.25, 0.3) is 0 Å². The van der Waals surface area contributed by atoms with E-state index in [1.165, 1.54) is 0 Å². The van der Waals surface area contributed by atoms with Crippen molar-refractivity contribution in [1.29, 1.82) is 0 Å². The Morgan fingerprint density at radius 3 is 2.65 bits per heavy atom. The summed E-state index contributed by atoms with van der Waals surface area (Å²) in [4.78, 5) is 8.99. The van der Waals surface area contributed by atoms with Crippen LogP contribution in [0.3, 0.4) is 0 Å². The molecule has 0 spiro atoms. The summed E-state index contributed by atoms with van der Waals surface area (Å²) in [5, 5.41) is 7.57. The van der Waals surface area contributed by atoms with Gasteiger partial charge in [0.05, 0.1) is 5.52 Å². The van der Waals surface area contributed by atoms with Crippen molar-refractivity contribution in [3.8, 4) is 0 Å². The molecule has 4 nitrogen and oxygen atoms in total. The average molecular weight is 230 g/mol. The van der Waals surface area contributed by atoms with Crippen molar-refractivity contribution in [1.82, 2.24) is 9.97 Å². The molecular weight excluding hydrogens is 212 g/mol. The predicted molar refractivity (Wildman–Crippen MR) is 72.5 cm³/mol. The highest BCUT2D eigenvalue weighted by Crippen LogP contribution is 2.21. The first kappa shape index (κ1) is 11.6. The molecule has 0 fully saturated rings. The molecule has 1 aromatic heterocycles. The average Bonchev–Trinajstić information content (AvgIpc) is 2.37. The smallest absolute Gasteiger partial charge is 0.225 e. The van der Waals surface area contributed by atoms with Gasteiger partial charge in [-0.25, -0.2) is 4.98 Å². The first-order valence-electron chi connectivity index (χ1n) is 6.09. The summed E-state index contributed by atoms with van der Waals surface area (Å²) >= 11 is 0. The monoisotopic (exact) mass is 230 g/mol. The lowest BCUT2D eigenvalue weighted by atomic mass is 10.2. The van der Waals surface area contributed by atoms with Gasteiger partial charge in [-0.3, -0.25) is 0 Å². The number of aromatic nitrogens is 2. The molecule has 0 amide bonds. The zero-order valence-electron chi connectivity index (χ0n) is 10.3. The van der Waals surface area contributed by atoms with Gasteiger partial charge in [-0.05, 0) is 25.5 Å². The van der Waals surface area contributed by atoms with Gasteiger partial charge in [-0.15, -0.1) is 0 Å². The summed E-state index contributed by atoms with van der Waals surface area (Å²) in [6, 6.07) is 8.05. The number of anilines is 2. The second-order valence-corrected chi connectivity index (χ2v) is 3.87. The lowest BCUT2D eigenvalue weighted by Gasteiger charge is -2.10. The Hall–Kier alpha value is -1.84. The molecule has 0 unspecified atom stereocenters. The minimum atomic E-state index is 0.696. The molecule has 0 bridgehead atoms. The maximum absolute atomic E-state index is 4.49. The molecule has 0 aliphatic carbocycles. The standard InChI is InChI=1S/C13H18N4/c1-3-9-15-13-16-11-8-6-5-7-10(11)12(17-13)14-4-2/h5-8H,3-4,9H2,1-2H3,(H2,14,15,16,17). The second kappa shape index (κ2) is 5.48. The Bertz CT molecular complexity index is 496. The number of nitrogens with zero attached hydrogens (tertiary/aromatic N) is 2. The van der Waals surface area contributed by atoms with Gasteiger partial charge in [0, 0.05) is 18.5 Å². The minimum absolute atomic E-state index is 0.696. The van der Waals surface area contributed by atoms with E-state index in [1.807, 2.05) is 24.3 Å². The summed E-state index contributed by atoms with van der Waals surface area (Å²) in [7, 11) is 0. The maximum atomic E-state index is 4.49. The van der Waals surface area contributed by atoms with E-state index in [0.29, 0.717) is 5.95 Å². The van der Waals surface area contributed by atoms with Gasteiger partial charge in [0.1, 0.15) is 5.82 Å². The van der Waals surface area contributed by atoms with Crippen LogP contribution >= 0.6 is 0 Å². The second-order valence-electron chi connectivity index (χ2n) is 3.87. The summed E-state index contributed by atoms with van der Waals surface area (Å²) in [6.07, 6.45) is 1.06. The van der Waals surface area contributed by atoms with Crippen LogP contribution in [-0.2, 0) is 0 Å². The molecule has 2 aromatic rings. The van der Waals surface area contributed by atoms with Gasteiger partial charge in [-0.2, -0.15) is 4.98 Å². The van der Waals surface area contributed by atoms with Crippen LogP contribution in [0.1, 0.15) is 20.3 Å². The van der Waals surface area contributed by atoms with Crippen molar-refractivity contribution in [3.63, 3.8) is 0 Å². The zero-order chi connectivity index (χ0) is 12.1. The van der Waals surface area contributed by atoms with Crippen LogP contribution in [0.4, 0.5) is 11.8 Å². The van der Waals surface area contributed by atoms with Gasteiger partial charge in [0.2, 0.25) is 5.95 Å². The van der Waals surface area contributed by atoms with Crippen molar-refractivity contribution < 1.29 is 0 Å². The molecule has 90 valence electrons. The highest BCUT2D eigenvalue weighted by atomic mass is 15.1. The van der Waals surface area contributed by atoms with E-state index < -0.39 is 0 Å². The fourth-order valence-electron chi connectivity index (χ4n) is 1.69. The number of nitrogens with one attached hydrogen (secondary N) is 2. The van der Waals surface area contributed by atoms with Crippen molar-refractivity contribution in [3.05, 3.63) is 24.3 Å². The third-order valence-corrected chi connectivity index (χ3v) is 2.48. The van der Waals surface area contributed by atoms with E-state index in [4.69, 9.17) is 0 Å². The predicted octanol–water partition coefficient (Wildman–Crippen LogP) is 2.88. The number of benzene rings is 1. The van der Waals surface area contributed by atoms with Crippen LogP contribution in [0.15, 0.2) is 24.3 Å². The van der Waals surface area contributed by atoms with Crippen molar-refractivity contribution in [2.45, 2.75) is 20.3 Å². The topological polar surface area (TPSA) is 49.8 Å². The molecule has 0 atom stereocenters. The highest BCUT2D eigenvalue weighted by Gasteiger charge is 2.05. The van der Waals surface area contributed by atoms with Crippen molar-refractivity contribution >= 4 is 22.7 Å². The molecule has 1 aromatic carbocycles. The molecule has 0 saturated heterocycles. The fraction of sp³-hybridized carbons (Fsp3) is 0.385. The normalized spacial score (nSPS) is 10.5. The number of fused-ring (bicyclic) bond motifs is 1. The van der Waals surface area contributed by atoms with Gasteiger partial charge >= 0.3 is 0 Å². The SMILES string of the molecule is CCCNc1nc(NCC)c2ccccc2n1. The fourth-order valence-corrected chi connectivity index (χ4v) is 1.69.